The van der Waals surface area contributed by atoms with E-state index in [0.717, 1.165) is 42.3 Å². The van der Waals surface area contributed by atoms with E-state index in [0.29, 0.717) is 6.61 Å². The zero-order valence-corrected chi connectivity index (χ0v) is 12.7. The molecule has 0 radical (unpaired) electrons. The quantitative estimate of drug-likeness (QED) is 0.628. The number of pyridine rings is 1. The number of anilines is 1. The number of nitrogens with two attached hydrogens (primary N) is 1. The lowest BCUT2D eigenvalue weighted by atomic mass is 10.3. The van der Waals surface area contributed by atoms with Crippen LogP contribution in [0.2, 0.25) is 0 Å². The van der Waals surface area contributed by atoms with Crippen LogP contribution in [0.3, 0.4) is 0 Å². The maximum atomic E-state index is 5.68. The third-order valence-electron chi connectivity index (χ3n) is 3.21. The maximum absolute atomic E-state index is 5.68. The molecule has 112 valence electrons. The van der Waals surface area contributed by atoms with Crippen LogP contribution in [0.25, 0.3) is 0 Å². The van der Waals surface area contributed by atoms with Crippen LogP contribution < -0.4 is 10.5 Å². The van der Waals surface area contributed by atoms with Crippen LogP contribution in [0.1, 0.15) is 17.8 Å². The molecule has 0 spiro atoms. The number of rotatable bonds is 7. The summed E-state index contributed by atoms with van der Waals surface area (Å²) in [6.07, 6.45) is 0.979. The van der Waals surface area contributed by atoms with Crippen molar-refractivity contribution in [3.05, 3.63) is 53.9 Å². The molecule has 0 aliphatic heterocycles. The van der Waals surface area contributed by atoms with Crippen LogP contribution in [-0.4, -0.2) is 30.1 Å². The average Bonchev–Trinajstić information content (AvgIpc) is 2.45. The number of hydrogen-bond acceptors (Lipinski definition) is 4. The molecule has 4 heteroatoms. The number of aromatic nitrogens is 1. The van der Waals surface area contributed by atoms with Gasteiger partial charge in [-0.15, -0.1) is 0 Å². The first-order chi connectivity index (χ1) is 10.1. The van der Waals surface area contributed by atoms with E-state index in [9.17, 15) is 0 Å². The topological polar surface area (TPSA) is 51.4 Å². The molecule has 0 bridgehead atoms. The van der Waals surface area contributed by atoms with E-state index in [1.54, 1.807) is 0 Å². The van der Waals surface area contributed by atoms with Gasteiger partial charge in [0.1, 0.15) is 5.75 Å². The molecule has 4 nitrogen and oxygen atoms in total. The Hall–Kier alpha value is -2.07. The molecule has 1 aromatic carbocycles. The molecule has 0 saturated carbocycles. The van der Waals surface area contributed by atoms with E-state index in [2.05, 4.69) is 29.1 Å². The molecule has 0 atom stereocenters. The number of aryl methyl sites for hydroxylation is 1. The summed E-state index contributed by atoms with van der Waals surface area (Å²) in [6, 6.07) is 13.6. The Labute approximate surface area is 126 Å². The second-order valence-corrected chi connectivity index (χ2v) is 5.28. The van der Waals surface area contributed by atoms with Crippen molar-refractivity contribution < 1.29 is 4.74 Å². The van der Waals surface area contributed by atoms with Crippen molar-refractivity contribution in [3.8, 4) is 5.75 Å². The number of nitrogen functional groups attached to an aromatic ring is 1. The molecule has 2 aromatic rings. The van der Waals surface area contributed by atoms with Crippen molar-refractivity contribution >= 4 is 5.69 Å². The van der Waals surface area contributed by atoms with Crippen molar-refractivity contribution in [3.63, 3.8) is 0 Å². The van der Waals surface area contributed by atoms with Gasteiger partial charge in [0.2, 0.25) is 0 Å². The van der Waals surface area contributed by atoms with Crippen molar-refractivity contribution in [1.82, 2.24) is 9.88 Å². The molecule has 2 rings (SSSR count). The van der Waals surface area contributed by atoms with Crippen LogP contribution in [-0.2, 0) is 6.54 Å². The Balaban J connectivity index is 1.67. The average molecular weight is 285 g/mol. The minimum Gasteiger partial charge on any atom is -0.494 e. The van der Waals surface area contributed by atoms with Gasteiger partial charge in [-0.2, -0.15) is 0 Å². The highest BCUT2D eigenvalue weighted by Gasteiger charge is 2.02. The highest BCUT2D eigenvalue weighted by molar-refractivity contribution is 5.41. The number of ether oxygens (including phenoxy) is 1. The van der Waals surface area contributed by atoms with Gasteiger partial charge in [0.25, 0.3) is 0 Å². The molecule has 0 amide bonds. The Morgan fingerprint density at radius 1 is 1.14 bits per heavy atom. The van der Waals surface area contributed by atoms with E-state index in [-0.39, 0.29) is 0 Å². The molecule has 1 aromatic heterocycles. The number of nitrogens with zero attached hydrogens (tertiary/aromatic N) is 2. The summed E-state index contributed by atoms with van der Waals surface area (Å²) in [5, 5.41) is 0. The Bertz CT molecular complexity index is 554. The van der Waals surface area contributed by atoms with Gasteiger partial charge in [-0.25, -0.2) is 0 Å². The largest absolute Gasteiger partial charge is 0.494 e. The Kier molecular flexibility index (Phi) is 5.58. The lowest BCUT2D eigenvalue weighted by Gasteiger charge is -2.16. The molecule has 0 fully saturated rings. The van der Waals surface area contributed by atoms with Gasteiger partial charge in [0.05, 0.1) is 12.3 Å². The zero-order valence-electron chi connectivity index (χ0n) is 12.7. The Morgan fingerprint density at radius 3 is 2.62 bits per heavy atom. The van der Waals surface area contributed by atoms with Crippen molar-refractivity contribution in [1.29, 1.82) is 0 Å². The first-order valence-corrected chi connectivity index (χ1v) is 7.23. The van der Waals surface area contributed by atoms with E-state index in [1.165, 1.54) is 0 Å². The van der Waals surface area contributed by atoms with Gasteiger partial charge in [-0.05, 0) is 56.8 Å². The predicted octanol–water partition coefficient (Wildman–Crippen LogP) is 2.87. The van der Waals surface area contributed by atoms with Crippen molar-refractivity contribution in [2.24, 2.45) is 0 Å². The predicted molar refractivity (Wildman–Crippen MR) is 86.3 cm³/mol. The first kappa shape index (κ1) is 15.3. The number of benzene rings is 1. The van der Waals surface area contributed by atoms with E-state index in [1.807, 2.05) is 37.3 Å². The van der Waals surface area contributed by atoms with Gasteiger partial charge in [-0.1, -0.05) is 6.07 Å². The van der Waals surface area contributed by atoms with Gasteiger partial charge in [-0.3, -0.25) is 4.98 Å². The summed E-state index contributed by atoms with van der Waals surface area (Å²) in [6.45, 7) is 4.56. The lowest BCUT2D eigenvalue weighted by molar-refractivity contribution is 0.257. The molecule has 2 N–H and O–H groups in total. The monoisotopic (exact) mass is 285 g/mol. The van der Waals surface area contributed by atoms with Crippen LogP contribution in [0, 0.1) is 6.92 Å². The van der Waals surface area contributed by atoms with Crippen LogP contribution in [0.5, 0.6) is 5.75 Å². The fourth-order valence-electron chi connectivity index (χ4n) is 2.13. The highest BCUT2D eigenvalue weighted by Crippen LogP contribution is 2.13. The molecule has 0 aliphatic rings. The normalized spacial score (nSPS) is 10.8. The summed E-state index contributed by atoms with van der Waals surface area (Å²) in [4.78, 5) is 6.77. The van der Waals surface area contributed by atoms with Gasteiger partial charge >= 0.3 is 0 Å². The zero-order chi connectivity index (χ0) is 15.1. The molecular formula is C17H23N3O. The lowest BCUT2D eigenvalue weighted by Crippen LogP contribution is -2.21. The SMILES string of the molecule is Cc1cccc(CN(C)CCCOc2ccc(N)cc2)n1. The summed E-state index contributed by atoms with van der Waals surface area (Å²) in [5.74, 6) is 0.868. The maximum Gasteiger partial charge on any atom is 0.119 e. The first-order valence-electron chi connectivity index (χ1n) is 7.23. The van der Waals surface area contributed by atoms with E-state index < -0.39 is 0 Å². The van der Waals surface area contributed by atoms with Crippen molar-refractivity contribution in [2.45, 2.75) is 19.9 Å². The molecule has 0 unspecified atom stereocenters. The summed E-state index contributed by atoms with van der Waals surface area (Å²) < 4.78 is 5.68. The number of hydrogen-bond donors (Lipinski definition) is 1. The smallest absolute Gasteiger partial charge is 0.119 e. The molecule has 1 heterocycles. The second-order valence-electron chi connectivity index (χ2n) is 5.28. The summed E-state index contributed by atoms with van der Waals surface area (Å²) >= 11 is 0. The molecule has 0 saturated heterocycles. The van der Waals surface area contributed by atoms with Gasteiger partial charge < -0.3 is 15.4 Å². The minimum absolute atomic E-state index is 0.704. The van der Waals surface area contributed by atoms with Gasteiger partial charge in [0.15, 0.2) is 0 Å². The highest BCUT2D eigenvalue weighted by atomic mass is 16.5. The van der Waals surface area contributed by atoms with E-state index in [4.69, 9.17) is 10.5 Å². The standard InChI is InChI=1S/C17H23N3O/c1-14-5-3-6-16(19-14)13-20(2)11-4-12-21-17-9-7-15(18)8-10-17/h3,5-10H,4,11-13,18H2,1-2H3. The van der Waals surface area contributed by atoms with E-state index >= 15 is 0 Å². The molecule has 21 heavy (non-hydrogen) atoms. The van der Waals surface area contributed by atoms with Crippen LogP contribution in [0.4, 0.5) is 5.69 Å². The van der Waals surface area contributed by atoms with Crippen molar-refractivity contribution in [2.75, 3.05) is 25.9 Å². The second kappa shape index (κ2) is 7.64. The van der Waals surface area contributed by atoms with Crippen LogP contribution >= 0.6 is 0 Å². The fraction of sp³-hybridized carbons (Fsp3) is 0.353. The van der Waals surface area contributed by atoms with Gasteiger partial charge in [0, 0.05) is 24.5 Å². The third kappa shape index (κ3) is 5.44. The minimum atomic E-state index is 0.704. The van der Waals surface area contributed by atoms with Crippen LogP contribution in [0.15, 0.2) is 42.5 Å². The fourth-order valence-corrected chi connectivity index (χ4v) is 2.13. The molecular weight excluding hydrogens is 262 g/mol. The third-order valence-corrected chi connectivity index (χ3v) is 3.21. The summed E-state index contributed by atoms with van der Waals surface area (Å²) in [5.41, 5.74) is 8.57. The Morgan fingerprint density at radius 2 is 1.90 bits per heavy atom. The summed E-state index contributed by atoms with van der Waals surface area (Å²) in [7, 11) is 2.10. The molecule has 0 aliphatic carbocycles.